The van der Waals surface area contributed by atoms with Crippen molar-refractivity contribution in [1.29, 1.82) is 0 Å². The third-order valence-corrected chi connectivity index (χ3v) is 5.01. The predicted octanol–water partition coefficient (Wildman–Crippen LogP) is 1.67. The second-order valence-electron chi connectivity index (χ2n) is 7.17. The van der Waals surface area contributed by atoms with Gasteiger partial charge in [-0.2, -0.15) is 5.01 Å². The van der Waals surface area contributed by atoms with Crippen LogP contribution in [0.4, 0.5) is 4.79 Å². The molecule has 0 bridgehead atoms. The quantitative estimate of drug-likeness (QED) is 0.388. The Labute approximate surface area is 168 Å². The van der Waals surface area contributed by atoms with Crippen LogP contribution in [0.15, 0.2) is 30.3 Å². The van der Waals surface area contributed by atoms with Gasteiger partial charge in [0.2, 0.25) is 0 Å². The molecule has 9 heteroatoms. The third-order valence-electron chi connectivity index (χ3n) is 5.01. The maximum Gasteiger partial charge on any atom is 0.344 e. The molecule has 1 saturated carbocycles. The van der Waals surface area contributed by atoms with Gasteiger partial charge in [0, 0.05) is 6.42 Å². The Morgan fingerprint density at radius 2 is 1.83 bits per heavy atom. The van der Waals surface area contributed by atoms with Crippen molar-refractivity contribution in [2.75, 3.05) is 13.2 Å². The lowest BCUT2D eigenvalue weighted by atomic mass is 9.82. The second kappa shape index (κ2) is 9.40. The van der Waals surface area contributed by atoms with Crippen LogP contribution in [0, 0.1) is 0 Å². The molecule has 9 nitrogen and oxygen atoms in total. The summed E-state index contributed by atoms with van der Waals surface area (Å²) in [6.45, 7) is -0.224. The minimum atomic E-state index is -0.919. The Kier molecular flexibility index (Phi) is 6.69. The van der Waals surface area contributed by atoms with Gasteiger partial charge in [-0.3, -0.25) is 19.8 Å². The third kappa shape index (κ3) is 5.24. The number of imide groups is 1. The van der Waals surface area contributed by atoms with Gasteiger partial charge >= 0.3 is 12.0 Å². The van der Waals surface area contributed by atoms with Crippen LogP contribution < -0.4 is 15.5 Å². The Morgan fingerprint density at radius 1 is 1.10 bits per heavy atom. The van der Waals surface area contributed by atoms with E-state index in [-0.39, 0.29) is 6.42 Å². The molecule has 1 aromatic rings. The monoisotopic (exact) mass is 403 g/mol. The lowest BCUT2D eigenvalue weighted by molar-refractivity contribution is -0.151. The highest BCUT2D eigenvalue weighted by Gasteiger charge is 2.52. The second-order valence-corrected chi connectivity index (χ2v) is 7.17. The molecule has 1 aliphatic carbocycles. The molecule has 1 aromatic carbocycles. The number of nitrogens with zero attached hydrogens (tertiary/aromatic N) is 1. The number of urea groups is 1. The number of hydrazine groups is 1. The maximum atomic E-state index is 12.6. The van der Waals surface area contributed by atoms with Crippen LogP contribution in [0.2, 0.25) is 0 Å². The van der Waals surface area contributed by atoms with E-state index in [4.69, 9.17) is 9.47 Å². The number of ether oxygens (including phenoxy) is 2. The number of para-hydroxylation sites is 1. The molecule has 0 atom stereocenters. The van der Waals surface area contributed by atoms with Gasteiger partial charge in [0.15, 0.2) is 6.61 Å². The molecule has 0 radical (unpaired) electrons. The number of nitrogens with one attached hydrogen (secondary N) is 2. The molecule has 29 heavy (non-hydrogen) atoms. The Balaban J connectivity index is 1.35. The summed E-state index contributed by atoms with van der Waals surface area (Å²) in [6.07, 6.45) is 4.35. The molecular weight excluding hydrogens is 378 g/mol. The van der Waals surface area contributed by atoms with Crippen molar-refractivity contribution in [2.45, 2.75) is 50.5 Å². The number of hydrogen-bond donors (Lipinski definition) is 2. The minimum absolute atomic E-state index is 0.0896. The van der Waals surface area contributed by atoms with Crippen LogP contribution in [0.5, 0.6) is 5.75 Å². The zero-order valence-corrected chi connectivity index (χ0v) is 16.1. The van der Waals surface area contributed by atoms with E-state index >= 15 is 0 Å². The van der Waals surface area contributed by atoms with Crippen LogP contribution in [0.25, 0.3) is 0 Å². The molecule has 1 heterocycles. The summed E-state index contributed by atoms with van der Waals surface area (Å²) in [7, 11) is 0. The van der Waals surface area contributed by atoms with Crippen LogP contribution >= 0.6 is 0 Å². The minimum Gasteiger partial charge on any atom is -0.494 e. The van der Waals surface area contributed by atoms with Crippen molar-refractivity contribution in [1.82, 2.24) is 15.8 Å². The lowest BCUT2D eigenvalue weighted by Gasteiger charge is -2.30. The summed E-state index contributed by atoms with van der Waals surface area (Å²) in [4.78, 5) is 48.4. The van der Waals surface area contributed by atoms with Gasteiger partial charge in [0.05, 0.1) is 6.61 Å². The Morgan fingerprint density at radius 3 is 2.55 bits per heavy atom. The van der Waals surface area contributed by atoms with E-state index in [9.17, 15) is 19.2 Å². The van der Waals surface area contributed by atoms with E-state index in [1.807, 2.05) is 30.3 Å². The highest BCUT2D eigenvalue weighted by Crippen LogP contribution is 2.32. The summed E-state index contributed by atoms with van der Waals surface area (Å²) >= 11 is 0. The molecular formula is C20H25N3O6. The molecule has 0 unspecified atom stereocenters. The van der Waals surface area contributed by atoms with Gasteiger partial charge in [-0.1, -0.05) is 37.5 Å². The standard InChI is InChI=1S/C20H25N3O6/c24-16(14-29-17(25)10-7-13-28-15-8-3-1-4-9-15)22-23-18(26)20(21-19(23)27)11-5-2-6-12-20/h1,3-4,8-9H,2,5-7,10-14H2,(H,21,27)(H,22,24). The maximum absolute atomic E-state index is 12.6. The first kappa shape index (κ1) is 20.6. The number of rotatable bonds is 8. The van der Waals surface area contributed by atoms with Gasteiger partial charge < -0.3 is 14.8 Å². The normalized spacial score (nSPS) is 17.7. The zero-order valence-electron chi connectivity index (χ0n) is 16.1. The molecule has 1 spiro atoms. The molecule has 2 fully saturated rings. The molecule has 2 N–H and O–H groups in total. The van der Waals surface area contributed by atoms with Crippen molar-refractivity contribution >= 4 is 23.8 Å². The fourth-order valence-electron chi connectivity index (χ4n) is 3.51. The van der Waals surface area contributed by atoms with Gasteiger partial charge in [-0.25, -0.2) is 4.79 Å². The van der Waals surface area contributed by atoms with Gasteiger partial charge in [-0.15, -0.1) is 0 Å². The number of carbonyl (C=O) groups is 4. The number of hydrogen-bond acceptors (Lipinski definition) is 6. The predicted molar refractivity (Wildman–Crippen MR) is 101 cm³/mol. The first-order chi connectivity index (χ1) is 14.0. The van der Waals surface area contributed by atoms with Gasteiger partial charge in [0.1, 0.15) is 11.3 Å². The fourth-order valence-corrected chi connectivity index (χ4v) is 3.51. The van der Waals surface area contributed by atoms with E-state index in [1.54, 1.807) is 0 Å². The number of benzene rings is 1. The average Bonchev–Trinajstić information content (AvgIpc) is 2.95. The summed E-state index contributed by atoms with van der Waals surface area (Å²) < 4.78 is 10.4. The Hall–Kier alpha value is -3.10. The molecule has 3 rings (SSSR count). The van der Waals surface area contributed by atoms with Crippen LogP contribution in [0.3, 0.4) is 0 Å². The Bertz CT molecular complexity index is 761. The SMILES string of the molecule is O=C(COC(=O)CCCOc1ccccc1)NN1C(=O)NC2(CCCCC2)C1=O. The van der Waals surface area contributed by atoms with E-state index in [2.05, 4.69) is 10.7 Å². The molecule has 1 aliphatic heterocycles. The van der Waals surface area contributed by atoms with Crippen LogP contribution in [0.1, 0.15) is 44.9 Å². The van der Waals surface area contributed by atoms with E-state index in [0.29, 0.717) is 36.6 Å². The first-order valence-corrected chi connectivity index (χ1v) is 9.80. The largest absolute Gasteiger partial charge is 0.494 e. The highest BCUT2D eigenvalue weighted by molar-refractivity contribution is 6.08. The topological polar surface area (TPSA) is 114 Å². The summed E-state index contributed by atoms with van der Waals surface area (Å²) in [5.41, 5.74) is 1.31. The fraction of sp³-hybridized carbons (Fsp3) is 0.500. The molecule has 0 aromatic heterocycles. The zero-order chi connectivity index (χ0) is 20.7. The highest BCUT2D eigenvalue weighted by atomic mass is 16.5. The molecule has 4 amide bonds. The smallest absolute Gasteiger partial charge is 0.344 e. The van der Waals surface area contributed by atoms with Crippen molar-refractivity contribution in [3.63, 3.8) is 0 Å². The van der Waals surface area contributed by atoms with E-state index in [1.165, 1.54) is 0 Å². The van der Waals surface area contributed by atoms with Gasteiger partial charge in [-0.05, 0) is 31.4 Å². The molecule has 2 aliphatic rings. The van der Waals surface area contributed by atoms with Crippen molar-refractivity contribution < 1.29 is 28.7 Å². The average molecular weight is 403 g/mol. The number of carbonyl (C=O) groups excluding carboxylic acids is 4. The van der Waals surface area contributed by atoms with E-state index in [0.717, 1.165) is 19.3 Å². The molecule has 156 valence electrons. The van der Waals surface area contributed by atoms with Crippen molar-refractivity contribution in [3.05, 3.63) is 30.3 Å². The van der Waals surface area contributed by atoms with Crippen molar-refractivity contribution in [3.8, 4) is 5.75 Å². The summed E-state index contributed by atoms with van der Waals surface area (Å²) in [6, 6.07) is 8.55. The van der Waals surface area contributed by atoms with Crippen molar-refractivity contribution in [2.24, 2.45) is 0 Å². The summed E-state index contributed by atoms with van der Waals surface area (Å²) in [5, 5.41) is 3.38. The van der Waals surface area contributed by atoms with Gasteiger partial charge in [0.25, 0.3) is 11.8 Å². The molecule has 1 saturated heterocycles. The van der Waals surface area contributed by atoms with Crippen LogP contribution in [-0.4, -0.2) is 47.6 Å². The van der Waals surface area contributed by atoms with E-state index < -0.39 is 36.0 Å². The lowest BCUT2D eigenvalue weighted by Crippen LogP contribution is -2.51. The number of amides is 4. The summed E-state index contributed by atoms with van der Waals surface area (Å²) in [5.74, 6) is -1.04. The number of esters is 1. The van der Waals surface area contributed by atoms with Crippen LogP contribution in [-0.2, 0) is 19.1 Å². The first-order valence-electron chi connectivity index (χ1n) is 9.80.